The van der Waals surface area contributed by atoms with E-state index in [2.05, 4.69) is 31.5 Å². The molecule has 2 fully saturated rings. The van der Waals surface area contributed by atoms with Crippen LogP contribution in [-0.2, 0) is 4.74 Å². The average Bonchev–Trinajstić information content (AvgIpc) is 3.26. The smallest absolute Gasteiger partial charge is 0.210 e. The molecule has 1 unspecified atom stereocenters. The Hall–Kier alpha value is -1.64. The second-order valence-electron chi connectivity index (χ2n) is 6.33. The van der Waals surface area contributed by atoms with E-state index < -0.39 is 0 Å². The minimum absolute atomic E-state index is 0.379. The normalized spacial score (nSPS) is 22.8. The van der Waals surface area contributed by atoms with Gasteiger partial charge in [-0.3, -0.25) is 4.90 Å². The van der Waals surface area contributed by atoms with Crippen molar-refractivity contribution >= 4 is 22.3 Å². The summed E-state index contributed by atoms with van der Waals surface area (Å²) < 4.78 is 5.52. The quantitative estimate of drug-likeness (QED) is 0.912. The molecular formula is C16H22N6OS. The summed E-state index contributed by atoms with van der Waals surface area (Å²) in [7, 11) is 0. The maximum absolute atomic E-state index is 5.52. The summed E-state index contributed by atoms with van der Waals surface area (Å²) in [6, 6.07) is 3.06. The number of hydrogen-bond acceptors (Lipinski definition) is 8. The van der Waals surface area contributed by atoms with Gasteiger partial charge in [-0.1, -0.05) is 11.3 Å². The average molecular weight is 346 g/mol. The topological polar surface area (TPSA) is 76.1 Å². The van der Waals surface area contributed by atoms with Crippen LogP contribution >= 0.6 is 11.3 Å². The molecule has 0 bridgehead atoms. The zero-order valence-electron chi connectivity index (χ0n) is 13.8. The molecule has 4 rings (SSSR count). The molecule has 1 atom stereocenters. The lowest BCUT2D eigenvalue weighted by Crippen LogP contribution is -2.39. The van der Waals surface area contributed by atoms with Crippen molar-refractivity contribution in [2.75, 3.05) is 25.1 Å². The molecule has 2 aliphatic heterocycles. The second-order valence-corrected chi connectivity index (χ2v) is 7.17. The summed E-state index contributed by atoms with van der Waals surface area (Å²) in [5.41, 5.74) is 2.82. The van der Waals surface area contributed by atoms with Gasteiger partial charge in [-0.2, -0.15) is 0 Å². The standard InChI is InChI=1S/C16H22N6OS/c1-11-18-13(9-15(19-11)20-16-21-17-10-24-16)14-3-2-6-22(14)12-4-7-23-8-5-12/h9-10,12,14H,2-8H2,1H3,(H,18,19,20,21). The maximum atomic E-state index is 5.52. The van der Waals surface area contributed by atoms with E-state index in [1.807, 2.05) is 6.92 Å². The lowest BCUT2D eigenvalue weighted by Gasteiger charge is -2.35. The van der Waals surface area contributed by atoms with Crippen molar-refractivity contribution in [3.8, 4) is 0 Å². The molecule has 0 radical (unpaired) electrons. The summed E-state index contributed by atoms with van der Waals surface area (Å²) in [5, 5.41) is 11.9. The first-order valence-electron chi connectivity index (χ1n) is 8.52. The van der Waals surface area contributed by atoms with Crippen molar-refractivity contribution in [2.45, 2.75) is 44.7 Å². The van der Waals surface area contributed by atoms with E-state index in [-0.39, 0.29) is 0 Å². The molecule has 0 aromatic carbocycles. The summed E-state index contributed by atoms with van der Waals surface area (Å²) in [6.45, 7) is 4.85. The van der Waals surface area contributed by atoms with Gasteiger partial charge in [0.25, 0.3) is 0 Å². The number of likely N-dealkylation sites (tertiary alicyclic amines) is 1. The van der Waals surface area contributed by atoms with Gasteiger partial charge in [0.05, 0.1) is 11.7 Å². The fourth-order valence-electron chi connectivity index (χ4n) is 3.72. The van der Waals surface area contributed by atoms with Gasteiger partial charge >= 0.3 is 0 Å². The monoisotopic (exact) mass is 346 g/mol. The Labute approximate surface area is 145 Å². The molecule has 128 valence electrons. The van der Waals surface area contributed by atoms with E-state index in [0.29, 0.717) is 12.1 Å². The molecule has 2 aromatic rings. The summed E-state index contributed by atoms with van der Waals surface area (Å²) in [4.78, 5) is 11.9. The second kappa shape index (κ2) is 7.08. The molecule has 0 saturated carbocycles. The van der Waals surface area contributed by atoms with Crippen LogP contribution in [0, 0.1) is 6.92 Å². The fraction of sp³-hybridized carbons (Fsp3) is 0.625. The Morgan fingerprint density at radius 2 is 2.12 bits per heavy atom. The number of aryl methyl sites for hydroxylation is 1. The fourth-order valence-corrected chi connectivity index (χ4v) is 4.18. The predicted octanol–water partition coefficient (Wildman–Crippen LogP) is 2.70. The predicted molar refractivity (Wildman–Crippen MR) is 92.5 cm³/mol. The van der Waals surface area contributed by atoms with Crippen molar-refractivity contribution in [1.82, 2.24) is 25.1 Å². The number of hydrogen-bond donors (Lipinski definition) is 1. The number of aromatic nitrogens is 4. The molecule has 2 aromatic heterocycles. The number of anilines is 2. The molecule has 0 amide bonds. The van der Waals surface area contributed by atoms with Crippen LogP contribution in [-0.4, -0.2) is 50.9 Å². The van der Waals surface area contributed by atoms with Crippen LogP contribution in [0.25, 0.3) is 0 Å². The minimum atomic E-state index is 0.379. The van der Waals surface area contributed by atoms with E-state index in [4.69, 9.17) is 9.72 Å². The first kappa shape index (κ1) is 15.9. The highest BCUT2D eigenvalue weighted by Gasteiger charge is 2.33. The van der Waals surface area contributed by atoms with Gasteiger partial charge in [0.2, 0.25) is 5.13 Å². The van der Waals surface area contributed by atoms with Crippen molar-refractivity contribution in [3.63, 3.8) is 0 Å². The SMILES string of the molecule is Cc1nc(Nc2nncs2)cc(C2CCCN2C2CCOCC2)n1. The lowest BCUT2D eigenvalue weighted by molar-refractivity contribution is 0.0285. The maximum Gasteiger partial charge on any atom is 0.210 e. The molecule has 7 nitrogen and oxygen atoms in total. The number of nitrogens with one attached hydrogen (secondary N) is 1. The highest BCUT2D eigenvalue weighted by atomic mass is 32.1. The van der Waals surface area contributed by atoms with Crippen molar-refractivity contribution < 1.29 is 4.74 Å². The number of ether oxygens (including phenoxy) is 1. The summed E-state index contributed by atoms with van der Waals surface area (Å²) in [6.07, 6.45) is 4.63. The van der Waals surface area contributed by atoms with Crippen LogP contribution < -0.4 is 5.32 Å². The van der Waals surface area contributed by atoms with Crippen molar-refractivity contribution in [3.05, 3.63) is 23.1 Å². The minimum Gasteiger partial charge on any atom is -0.381 e. The van der Waals surface area contributed by atoms with E-state index in [0.717, 1.165) is 61.5 Å². The van der Waals surface area contributed by atoms with Gasteiger partial charge in [0.1, 0.15) is 17.2 Å². The molecular weight excluding hydrogens is 324 g/mol. The molecule has 2 aliphatic rings. The first-order chi connectivity index (χ1) is 11.8. The van der Waals surface area contributed by atoms with Gasteiger partial charge < -0.3 is 10.1 Å². The van der Waals surface area contributed by atoms with Gasteiger partial charge in [-0.15, -0.1) is 10.2 Å². The van der Waals surface area contributed by atoms with Crippen LogP contribution in [0.3, 0.4) is 0 Å². The van der Waals surface area contributed by atoms with Crippen LogP contribution in [0.1, 0.15) is 43.2 Å². The van der Waals surface area contributed by atoms with Crippen molar-refractivity contribution in [2.24, 2.45) is 0 Å². The lowest BCUT2D eigenvalue weighted by atomic mass is 10.0. The van der Waals surface area contributed by atoms with E-state index in [1.165, 1.54) is 17.8 Å². The summed E-state index contributed by atoms with van der Waals surface area (Å²) in [5.74, 6) is 1.59. The van der Waals surface area contributed by atoms with Gasteiger partial charge in [-0.25, -0.2) is 9.97 Å². The molecule has 2 saturated heterocycles. The van der Waals surface area contributed by atoms with Gasteiger partial charge in [0.15, 0.2) is 0 Å². The van der Waals surface area contributed by atoms with Crippen LogP contribution in [0.5, 0.6) is 0 Å². The third-order valence-corrected chi connectivity index (χ3v) is 5.35. The summed E-state index contributed by atoms with van der Waals surface area (Å²) >= 11 is 1.47. The third-order valence-electron chi connectivity index (χ3n) is 4.75. The largest absolute Gasteiger partial charge is 0.381 e. The zero-order valence-corrected chi connectivity index (χ0v) is 14.6. The molecule has 1 N–H and O–H groups in total. The Morgan fingerprint density at radius 1 is 1.25 bits per heavy atom. The Bertz CT molecular complexity index is 673. The number of rotatable bonds is 4. The Balaban J connectivity index is 1.56. The molecule has 8 heteroatoms. The third kappa shape index (κ3) is 3.40. The molecule has 0 aliphatic carbocycles. The molecule has 4 heterocycles. The van der Waals surface area contributed by atoms with Crippen LogP contribution in [0.4, 0.5) is 10.9 Å². The Morgan fingerprint density at radius 3 is 2.92 bits per heavy atom. The van der Waals surface area contributed by atoms with Gasteiger partial charge in [0, 0.05) is 25.3 Å². The molecule has 24 heavy (non-hydrogen) atoms. The highest BCUT2D eigenvalue weighted by molar-refractivity contribution is 7.13. The first-order valence-corrected chi connectivity index (χ1v) is 9.40. The van der Waals surface area contributed by atoms with Crippen LogP contribution in [0.2, 0.25) is 0 Å². The van der Waals surface area contributed by atoms with Gasteiger partial charge in [-0.05, 0) is 39.2 Å². The number of nitrogens with zero attached hydrogens (tertiary/aromatic N) is 5. The molecule has 0 spiro atoms. The van der Waals surface area contributed by atoms with E-state index >= 15 is 0 Å². The highest BCUT2D eigenvalue weighted by Crippen LogP contribution is 2.36. The van der Waals surface area contributed by atoms with Crippen LogP contribution in [0.15, 0.2) is 11.6 Å². The van der Waals surface area contributed by atoms with E-state index in [1.54, 1.807) is 5.51 Å². The zero-order chi connectivity index (χ0) is 16.4. The Kier molecular flexibility index (Phi) is 4.68. The van der Waals surface area contributed by atoms with Crippen molar-refractivity contribution in [1.29, 1.82) is 0 Å². The van der Waals surface area contributed by atoms with E-state index in [9.17, 15) is 0 Å².